The maximum absolute atomic E-state index is 2.53. The van der Waals surface area contributed by atoms with Gasteiger partial charge in [0.1, 0.15) is 0 Å². The molecule has 0 amide bonds. The molecule has 0 fully saturated rings. The van der Waals surface area contributed by atoms with Crippen LogP contribution in [0.15, 0.2) is 218 Å². The van der Waals surface area contributed by atoms with Gasteiger partial charge >= 0.3 is 0 Å². The van der Waals surface area contributed by atoms with Crippen LogP contribution < -0.4 is 9.80 Å². The van der Waals surface area contributed by atoms with Crippen LogP contribution in [-0.2, 0) is 12.8 Å². The first kappa shape index (κ1) is 36.6. The van der Waals surface area contributed by atoms with Crippen molar-refractivity contribution in [1.29, 1.82) is 0 Å². The summed E-state index contributed by atoms with van der Waals surface area (Å²) in [5.41, 5.74) is 14.8. The molecule has 292 valence electrons. The van der Waals surface area contributed by atoms with E-state index in [0.717, 1.165) is 41.3 Å². The molecule has 0 aromatic heterocycles. The Bertz CT molecular complexity index is 3170. The zero-order chi connectivity index (χ0) is 40.9. The lowest BCUT2D eigenvalue weighted by molar-refractivity contribution is 0.392. The van der Waals surface area contributed by atoms with Crippen LogP contribution in [-0.4, -0.2) is 0 Å². The van der Waals surface area contributed by atoms with E-state index >= 15 is 0 Å². The minimum Gasteiger partial charge on any atom is -0.310 e. The minimum atomic E-state index is 0.204. The zero-order valence-corrected chi connectivity index (χ0v) is 34.6. The van der Waals surface area contributed by atoms with E-state index in [0.29, 0.717) is 0 Å². The van der Waals surface area contributed by atoms with E-state index in [1.807, 2.05) is 0 Å². The Morgan fingerprint density at radius 2 is 0.623 bits per heavy atom. The number of nitrogens with zero attached hydrogens (tertiary/aromatic N) is 2. The van der Waals surface area contributed by atoms with Gasteiger partial charge in [-0.3, -0.25) is 0 Å². The zero-order valence-electron chi connectivity index (χ0n) is 34.6. The number of fused-ring (bicyclic) bond motifs is 6. The van der Waals surface area contributed by atoms with E-state index in [4.69, 9.17) is 0 Å². The molecule has 0 spiro atoms. The first-order chi connectivity index (χ1) is 30.0. The minimum absolute atomic E-state index is 0.204. The number of rotatable bonds is 8. The Morgan fingerprint density at radius 3 is 1.10 bits per heavy atom. The number of para-hydroxylation sites is 2. The second kappa shape index (κ2) is 15.0. The molecule has 0 N–H and O–H groups in total. The Morgan fingerprint density at radius 1 is 0.295 bits per heavy atom. The largest absolute Gasteiger partial charge is 0.310 e. The van der Waals surface area contributed by atoms with Gasteiger partial charge in [-0.1, -0.05) is 166 Å². The Balaban J connectivity index is 1.18. The molecule has 0 bridgehead atoms. The standard InChI is InChI=1S/C59H46N2/c1-59(2)39-45-35-53-55-38-57(60(47-21-11-5-12-22-47)49-31-27-43(28-32-49)41-17-7-3-8-18-41)52-26-16-15-25-51(52)54(55)37-58(56(53)36-46(45)40-59)61(48-23-13-6-14-24-48)50-33-29-44(30-34-50)42-19-9-4-10-20-42/h3-38H,39-40H2,1-2H3. The second-order valence-electron chi connectivity index (χ2n) is 17.3. The van der Waals surface area contributed by atoms with Gasteiger partial charge in [0.25, 0.3) is 0 Å². The summed E-state index contributed by atoms with van der Waals surface area (Å²) in [5.74, 6) is 0. The molecule has 11 rings (SSSR count). The normalized spacial score (nSPS) is 13.1. The molecule has 0 saturated carbocycles. The van der Waals surface area contributed by atoms with Gasteiger partial charge in [-0.2, -0.15) is 0 Å². The smallest absolute Gasteiger partial charge is 0.0546 e. The number of anilines is 6. The Labute approximate surface area is 358 Å². The monoisotopic (exact) mass is 782 g/mol. The van der Waals surface area contributed by atoms with Crippen LogP contribution in [0.2, 0.25) is 0 Å². The molecular formula is C59H46N2. The molecule has 10 aromatic rings. The van der Waals surface area contributed by atoms with Gasteiger partial charge in [0, 0.05) is 33.5 Å². The summed E-state index contributed by atoms with van der Waals surface area (Å²) in [6, 6.07) is 80.1. The third-order valence-corrected chi connectivity index (χ3v) is 12.6. The summed E-state index contributed by atoms with van der Waals surface area (Å²) in [6.45, 7) is 4.82. The van der Waals surface area contributed by atoms with Crippen molar-refractivity contribution >= 4 is 66.4 Å². The van der Waals surface area contributed by atoms with E-state index in [1.54, 1.807) is 0 Å². The Hall–Kier alpha value is -7.42. The van der Waals surface area contributed by atoms with E-state index in [2.05, 4.69) is 242 Å². The van der Waals surface area contributed by atoms with Gasteiger partial charge < -0.3 is 9.80 Å². The van der Waals surface area contributed by atoms with Gasteiger partial charge in [-0.15, -0.1) is 0 Å². The van der Waals surface area contributed by atoms with E-state index in [1.165, 1.54) is 71.4 Å². The first-order valence-corrected chi connectivity index (χ1v) is 21.4. The average molecular weight is 783 g/mol. The van der Waals surface area contributed by atoms with Crippen molar-refractivity contribution in [2.75, 3.05) is 9.80 Å². The molecule has 0 heterocycles. The van der Waals surface area contributed by atoms with Crippen molar-refractivity contribution in [1.82, 2.24) is 0 Å². The summed E-state index contributed by atoms with van der Waals surface area (Å²) < 4.78 is 0. The van der Waals surface area contributed by atoms with Crippen molar-refractivity contribution < 1.29 is 0 Å². The van der Waals surface area contributed by atoms with Gasteiger partial charge in [0.2, 0.25) is 0 Å². The van der Waals surface area contributed by atoms with E-state index in [9.17, 15) is 0 Å². The molecule has 2 heteroatoms. The maximum atomic E-state index is 2.53. The highest BCUT2D eigenvalue weighted by molar-refractivity contribution is 6.25. The lowest BCUT2D eigenvalue weighted by atomic mass is 9.90. The summed E-state index contributed by atoms with van der Waals surface area (Å²) >= 11 is 0. The molecule has 61 heavy (non-hydrogen) atoms. The van der Waals surface area contributed by atoms with Crippen LogP contribution in [0.25, 0.3) is 54.6 Å². The lowest BCUT2D eigenvalue weighted by Gasteiger charge is -2.30. The van der Waals surface area contributed by atoms with Crippen molar-refractivity contribution in [3.8, 4) is 22.3 Å². The van der Waals surface area contributed by atoms with Gasteiger partial charge in [0.15, 0.2) is 0 Å². The summed E-state index contributed by atoms with van der Waals surface area (Å²) in [5, 5.41) is 7.48. The van der Waals surface area contributed by atoms with Crippen molar-refractivity contribution in [3.63, 3.8) is 0 Å². The Kier molecular flexibility index (Phi) is 9.01. The molecule has 2 nitrogen and oxygen atoms in total. The highest BCUT2D eigenvalue weighted by Crippen LogP contribution is 2.50. The molecule has 0 atom stereocenters. The van der Waals surface area contributed by atoms with Crippen LogP contribution in [0, 0.1) is 5.41 Å². The number of benzene rings is 10. The van der Waals surface area contributed by atoms with Gasteiger partial charge in [-0.05, 0) is 140 Å². The summed E-state index contributed by atoms with van der Waals surface area (Å²) in [6.07, 6.45) is 2.13. The van der Waals surface area contributed by atoms with Crippen molar-refractivity contribution in [2.45, 2.75) is 26.7 Å². The maximum Gasteiger partial charge on any atom is 0.0546 e. The average Bonchev–Trinajstić information content (AvgIpc) is 3.63. The molecule has 10 aromatic carbocycles. The van der Waals surface area contributed by atoms with Crippen LogP contribution >= 0.6 is 0 Å². The highest BCUT2D eigenvalue weighted by Gasteiger charge is 2.30. The molecular weight excluding hydrogens is 737 g/mol. The molecule has 0 radical (unpaired) electrons. The van der Waals surface area contributed by atoms with Crippen LogP contribution in [0.1, 0.15) is 25.0 Å². The van der Waals surface area contributed by atoms with Crippen LogP contribution in [0.3, 0.4) is 0 Å². The van der Waals surface area contributed by atoms with Gasteiger partial charge in [0.05, 0.1) is 11.4 Å². The molecule has 0 aliphatic heterocycles. The fraction of sp³-hybridized carbons (Fsp3) is 0.0847. The predicted octanol–water partition coefficient (Wildman–Crippen LogP) is 16.5. The molecule has 1 aliphatic carbocycles. The first-order valence-electron chi connectivity index (χ1n) is 21.4. The molecule has 1 aliphatic rings. The lowest BCUT2D eigenvalue weighted by Crippen LogP contribution is -2.12. The van der Waals surface area contributed by atoms with Crippen molar-refractivity contribution in [2.24, 2.45) is 5.41 Å². The highest BCUT2D eigenvalue weighted by atomic mass is 15.1. The van der Waals surface area contributed by atoms with Crippen LogP contribution in [0.4, 0.5) is 34.1 Å². The van der Waals surface area contributed by atoms with Gasteiger partial charge in [-0.25, -0.2) is 0 Å². The number of hydrogen-bond donors (Lipinski definition) is 0. The van der Waals surface area contributed by atoms with Crippen LogP contribution in [0.5, 0.6) is 0 Å². The molecule has 0 saturated heterocycles. The second-order valence-corrected chi connectivity index (χ2v) is 17.3. The SMILES string of the molecule is CC1(C)Cc2cc3c(N(c4ccccc4)c4ccc(-c5ccccc5)cc4)cc4c5ccccc5c(N(c5ccccc5)c5ccc(-c6ccccc6)cc5)cc4c3cc2C1. The fourth-order valence-corrected chi connectivity index (χ4v) is 9.76. The fourth-order valence-electron chi connectivity index (χ4n) is 9.76. The van der Waals surface area contributed by atoms with Crippen molar-refractivity contribution in [3.05, 3.63) is 230 Å². The predicted molar refractivity (Wildman–Crippen MR) is 260 cm³/mol. The number of hydrogen-bond acceptors (Lipinski definition) is 2. The van der Waals surface area contributed by atoms with E-state index in [-0.39, 0.29) is 5.41 Å². The van der Waals surface area contributed by atoms with E-state index < -0.39 is 0 Å². The third kappa shape index (κ3) is 6.71. The summed E-state index contributed by atoms with van der Waals surface area (Å²) in [7, 11) is 0. The summed E-state index contributed by atoms with van der Waals surface area (Å²) in [4.78, 5) is 4.91. The molecule has 0 unspecified atom stereocenters. The quantitative estimate of drug-likeness (QED) is 0.142. The topological polar surface area (TPSA) is 6.48 Å². The third-order valence-electron chi connectivity index (χ3n) is 12.6.